The Balaban J connectivity index is 2.11. The van der Waals surface area contributed by atoms with Crippen LogP contribution in [-0.4, -0.2) is 20.1 Å². The van der Waals surface area contributed by atoms with Crippen molar-refractivity contribution >= 4 is 28.8 Å². The van der Waals surface area contributed by atoms with Gasteiger partial charge in [0.1, 0.15) is 12.8 Å². The molecule has 0 aromatic carbocycles. The highest BCUT2D eigenvalue weighted by Crippen LogP contribution is 2.24. The predicted molar refractivity (Wildman–Crippen MR) is 60.1 cm³/mol. The highest BCUT2D eigenvalue weighted by Gasteiger charge is 2.16. The fourth-order valence-corrected chi connectivity index (χ4v) is 1.84. The van der Waals surface area contributed by atoms with E-state index in [-0.39, 0.29) is 18.2 Å². The van der Waals surface area contributed by atoms with Crippen molar-refractivity contribution in [1.82, 2.24) is 15.2 Å². The van der Waals surface area contributed by atoms with E-state index in [9.17, 15) is 10.1 Å². The van der Waals surface area contributed by atoms with E-state index in [0.717, 1.165) is 11.3 Å². The lowest BCUT2D eigenvalue weighted by molar-refractivity contribution is -0.390. The van der Waals surface area contributed by atoms with Gasteiger partial charge in [-0.1, -0.05) is 11.3 Å². The lowest BCUT2D eigenvalue weighted by Crippen LogP contribution is -2.00. The molecule has 0 fully saturated rings. The molecule has 7 nitrogen and oxygen atoms in total. The van der Waals surface area contributed by atoms with Gasteiger partial charge in [0.2, 0.25) is 10.2 Å². The zero-order chi connectivity index (χ0) is 12.3. The van der Waals surface area contributed by atoms with Gasteiger partial charge in [0.05, 0.1) is 0 Å². The number of hydrogen-bond acceptors (Lipinski definition) is 7. The molecule has 2 rings (SSSR count). The van der Waals surface area contributed by atoms with Crippen LogP contribution >= 0.6 is 22.9 Å². The van der Waals surface area contributed by atoms with Gasteiger partial charge in [-0.05, 0) is 33.6 Å². The Labute approximate surface area is 104 Å². The second-order valence-electron chi connectivity index (χ2n) is 2.82. The van der Waals surface area contributed by atoms with E-state index in [2.05, 4.69) is 15.2 Å². The summed E-state index contributed by atoms with van der Waals surface area (Å²) in [6, 6.07) is 3.02. The first-order valence-corrected chi connectivity index (χ1v) is 5.56. The van der Waals surface area contributed by atoms with Gasteiger partial charge in [-0.2, -0.15) is 0 Å². The summed E-state index contributed by atoms with van der Waals surface area (Å²) in [6.07, 6.45) is 1.33. The van der Waals surface area contributed by atoms with Crippen LogP contribution in [-0.2, 0) is 6.61 Å². The molecule has 0 saturated heterocycles. The van der Waals surface area contributed by atoms with Crippen LogP contribution in [0.5, 0.6) is 5.75 Å². The van der Waals surface area contributed by atoms with Crippen LogP contribution in [0.1, 0.15) is 5.01 Å². The van der Waals surface area contributed by atoms with Crippen molar-refractivity contribution in [2.45, 2.75) is 6.61 Å². The van der Waals surface area contributed by atoms with Crippen molar-refractivity contribution in [3.63, 3.8) is 0 Å². The summed E-state index contributed by atoms with van der Waals surface area (Å²) in [5.74, 6) is -0.244. The van der Waals surface area contributed by atoms with Crippen LogP contribution in [0, 0.1) is 10.1 Å². The van der Waals surface area contributed by atoms with E-state index in [1.807, 2.05) is 0 Å². The second-order valence-corrected chi connectivity index (χ2v) is 4.46. The van der Waals surface area contributed by atoms with E-state index < -0.39 is 4.92 Å². The van der Waals surface area contributed by atoms with Crippen LogP contribution in [0.15, 0.2) is 18.3 Å². The van der Waals surface area contributed by atoms with E-state index in [1.54, 1.807) is 6.07 Å². The molecule has 0 radical (unpaired) electrons. The van der Waals surface area contributed by atoms with Gasteiger partial charge >= 0.3 is 5.82 Å². The highest BCUT2D eigenvalue weighted by molar-refractivity contribution is 7.15. The fourth-order valence-electron chi connectivity index (χ4n) is 1.06. The minimum absolute atomic E-state index is 0.0664. The van der Waals surface area contributed by atoms with Crippen molar-refractivity contribution in [2.24, 2.45) is 0 Å². The predicted octanol–water partition coefficient (Wildman–Crippen LogP) is 2.07. The molecule has 0 atom stereocenters. The summed E-state index contributed by atoms with van der Waals surface area (Å²) < 4.78 is 5.54. The molecule has 0 saturated carbocycles. The maximum atomic E-state index is 10.7. The second kappa shape index (κ2) is 5.02. The summed E-state index contributed by atoms with van der Waals surface area (Å²) in [5.41, 5.74) is 0. The van der Waals surface area contributed by atoms with Crippen LogP contribution in [0.3, 0.4) is 0 Å². The summed E-state index contributed by atoms with van der Waals surface area (Å²) >= 11 is 6.74. The van der Waals surface area contributed by atoms with Crippen molar-refractivity contribution in [1.29, 1.82) is 0 Å². The first kappa shape index (κ1) is 11.7. The van der Waals surface area contributed by atoms with Gasteiger partial charge in [-0.3, -0.25) is 0 Å². The first-order chi connectivity index (χ1) is 8.16. The molecule has 9 heteroatoms. The molecule has 2 heterocycles. The van der Waals surface area contributed by atoms with Crippen molar-refractivity contribution in [3.05, 3.63) is 37.9 Å². The molecule has 0 bridgehead atoms. The average Bonchev–Trinajstić information content (AvgIpc) is 2.73. The third kappa shape index (κ3) is 2.86. The van der Waals surface area contributed by atoms with Crippen LogP contribution in [0.4, 0.5) is 5.82 Å². The van der Waals surface area contributed by atoms with Gasteiger partial charge in [0.25, 0.3) is 0 Å². The maximum absolute atomic E-state index is 10.7. The standard InChI is InChI=1S/C8H5ClN4O3S/c9-8-12-11-6(17-8)4-16-5-2-1-3-10-7(5)13(14)15/h1-3H,4H2. The molecular formula is C8H5ClN4O3S. The third-order valence-corrected chi connectivity index (χ3v) is 2.71. The number of hydrogen-bond donors (Lipinski definition) is 0. The molecule has 0 aliphatic heterocycles. The molecule has 0 aliphatic rings. The molecule has 0 unspecified atom stereocenters. The number of pyridine rings is 1. The summed E-state index contributed by atoms with van der Waals surface area (Å²) in [5, 5.41) is 18.5. The minimum atomic E-state index is -0.609. The molecular weight excluding hydrogens is 268 g/mol. The Morgan fingerprint density at radius 1 is 1.53 bits per heavy atom. The van der Waals surface area contributed by atoms with Crippen LogP contribution in [0.2, 0.25) is 4.47 Å². The average molecular weight is 273 g/mol. The third-order valence-electron chi connectivity index (χ3n) is 1.72. The van der Waals surface area contributed by atoms with E-state index in [1.165, 1.54) is 12.3 Å². The number of halogens is 1. The lowest BCUT2D eigenvalue weighted by Gasteiger charge is -2.02. The SMILES string of the molecule is O=[N+]([O-])c1ncccc1OCc1nnc(Cl)s1. The molecule has 0 aliphatic carbocycles. The van der Waals surface area contributed by atoms with Gasteiger partial charge < -0.3 is 14.9 Å². The molecule has 2 aromatic rings. The topological polar surface area (TPSA) is 91.0 Å². The van der Waals surface area contributed by atoms with Gasteiger partial charge in [0, 0.05) is 0 Å². The minimum Gasteiger partial charge on any atom is -0.478 e. The van der Waals surface area contributed by atoms with Crippen molar-refractivity contribution in [3.8, 4) is 5.75 Å². The Morgan fingerprint density at radius 2 is 2.35 bits per heavy atom. The number of ether oxygens (including phenoxy) is 1. The molecule has 88 valence electrons. The number of aromatic nitrogens is 3. The van der Waals surface area contributed by atoms with Gasteiger partial charge in [0.15, 0.2) is 5.01 Å². The number of nitrogens with zero attached hydrogens (tertiary/aromatic N) is 4. The molecule has 0 spiro atoms. The fraction of sp³-hybridized carbons (Fsp3) is 0.125. The summed E-state index contributed by atoms with van der Waals surface area (Å²) in [7, 11) is 0. The first-order valence-electron chi connectivity index (χ1n) is 4.37. The Kier molecular flexibility index (Phi) is 3.45. The largest absolute Gasteiger partial charge is 0.478 e. The van der Waals surface area contributed by atoms with E-state index in [4.69, 9.17) is 16.3 Å². The van der Waals surface area contributed by atoms with Gasteiger partial charge in [-0.25, -0.2) is 0 Å². The Bertz CT molecular complexity index is 547. The zero-order valence-electron chi connectivity index (χ0n) is 8.24. The smallest absolute Gasteiger partial charge is 0.406 e. The number of nitro groups is 1. The Hall–Kier alpha value is -1.80. The molecule has 17 heavy (non-hydrogen) atoms. The summed E-state index contributed by atoms with van der Waals surface area (Å²) in [6.45, 7) is 0.0664. The van der Waals surface area contributed by atoms with E-state index in [0.29, 0.717) is 9.47 Å². The summed E-state index contributed by atoms with van der Waals surface area (Å²) in [4.78, 5) is 13.7. The highest BCUT2D eigenvalue weighted by atomic mass is 35.5. The normalized spacial score (nSPS) is 10.2. The molecule has 2 aromatic heterocycles. The quantitative estimate of drug-likeness (QED) is 0.625. The van der Waals surface area contributed by atoms with Gasteiger partial charge in [-0.15, -0.1) is 10.2 Å². The molecule has 0 N–H and O–H groups in total. The van der Waals surface area contributed by atoms with Crippen LogP contribution < -0.4 is 4.74 Å². The maximum Gasteiger partial charge on any atom is 0.406 e. The monoisotopic (exact) mass is 272 g/mol. The molecule has 0 amide bonds. The number of rotatable bonds is 4. The Morgan fingerprint density at radius 3 is 3.00 bits per heavy atom. The zero-order valence-corrected chi connectivity index (χ0v) is 9.81. The van der Waals surface area contributed by atoms with Crippen LogP contribution in [0.25, 0.3) is 0 Å². The van der Waals surface area contributed by atoms with Crippen molar-refractivity contribution < 1.29 is 9.66 Å². The van der Waals surface area contributed by atoms with E-state index >= 15 is 0 Å². The lowest BCUT2D eigenvalue weighted by atomic mass is 10.4. The van der Waals surface area contributed by atoms with Crippen molar-refractivity contribution in [2.75, 3.05) is 0 Å².